The van der Waals surface area contributed by atoms with E-state index >= 15 is 0 Å². The summed E-state index contributed by atoms with van der Waals surface area (Å²) in [6, 6.07) is 0. The summed E-state index contributed by atoms with van der Waals surface area (Å²) in [4.78, 5) is 0. The van der Waals surface area contributed by atoms with Crippen molar-refractivity contribution in [3.05, 3.63) is 0 Å². The van der Waals surface area contributed by atoms with Crippen molar-refractivity contribution in [2.24, 2.45) is 17.8 Å². The first kappa shape index (κ1) is 7.58. The Kier molecular flexibility index (Phi) is 2.15. The second-order valence-electron chi connectivity index (χ2n) is 4.30. The maximum absolute atomic E-state index is 3.82. The zero-order chi connectivity index (χ0) is 7.68. The summed E-state index contributed by atoms with van der Waals surface area (Å²) in [6.07, 6.45) is 8.81. The molecule has 2 rings (SSSR count). The monoisotopic (exact) mass is 148 g/mol. The molecular formula is C10H17B. The Bertz CT molecular complexity index is 141. The Morgan fingerprint density at radius 2 is 1.73 bits per heavy atom. The van der Waals surface area contributed by atoms with Gasteiger partial charge in [-0.15, -0.1) is 0 Å². The van der Waals surface area contributed by atoms with Crippen LogP contribution in [0, 0.1) is 17.8 Å². The van der Waals surface area contributed by atoms with Gasteiger partial charge in [0.15, 0.2) is 0 Å². The van der Waals surface area contributed by atoms with Crippen LogP contribution in [0.25, 0.3) is 0 Å². The van der Waals surface area contributed by atoms with Gasteiger partial charge in [0.25, 0.3) is 0 Å². The van der Waals surface area contributed by atoms with Crippen LogP contribution in [0.2, 0.25) is 6.32 Å². The molecule has 0 spiro atoms. The molecule has 0 radical (unpaired) electrons. The van der Waals surface area contributed by atoms with Crippen LogP contribution < -0.4 is 0 Å². The van der Waals surface area contributed by atoms with Gasteiger partial charge in [0.2, 0.25) is 0 Å². The fourth-order valence-corrected chi connectivity index (χ4v) is 2.53. The fourth-order valence-electron chi connectivity index (χ4n) is 2.53. The summed E-state index contributed by atoms with van der Waals surface area (Å²) in [5.41, 5.74) is 0. The minimum absolute atomic E-state index is 0.986. The molecule has 0 bridgehead atoms. The maximum atomic E-state index is 3.82. The second kappa shape index (κ2) is 3.12. The molecule has 0 aromatic rings. The van der Waals surface area contributed by atoms with E-state index in [1.54, 1.807) is 6.42 Å². The molecule has 2 unspecified atom stereocenters. The first-order chi connectivity index (χ1) is 5.40. The first-order valence-corrected chi connectivity index (χ1v) is 5.01. The third kappa shape index (κ3) is 1.74. The Balaban J connectivity index is 1.81. The topological polar surface area (TPSA) is 0 Å². The molecule has 0 saturated heterocycles. The van der Waals surface area contributed by atoms with Gasteiger partial charge in [-0.1, -0.05) is 0 Å². The third-order valence-electron chi connectivity index (χ3n) is 3.46. The number of fused-ring (bicyclic) bond motifs is 1. The van der Waals surface area contributed by atoms with Crippen LogP contribution in [0.4, 0.5) is 0 Å². The molecule has 0 amide bonds. The van der Waals surface area contributed by atoms with Crippen molar-refractivity contribution in [1.82, 2.24) is 0 Å². The van der Waals surface area contributed by atoms with Crippen molar-refractivity contribution in [3.63, 3.8) is 0 Å². The molecule has 0 N–H and O–H groups in total. The molecule has 60 valence electrons. The van der Waals surface area contributed by atoms with Gasteiger partial charge in [0, 0.05) is 0 Å². The van der Waals surface area contributed by atoms with E-state index in [1.165, 1.54) is 32.0 Å². The van der Waals surface area contributed by atoms with Gasteiger partial charge in [0.05, 0.1) is 0 Å². The molecule has 11 heavy (non-hydrogen) atoms. The van der Waals surface area contributed by atoms with E-state index in [1.807, 2.05) is 0 Å². The van der Waals surface area contributed by atoms with E-state index in [2.05, 4.69) is 13.4 Å². The van der Waals surface area contributed by atoms with Crippen LogP contribution in [0.1, 0.15) is 32.1 Å². The third-order valence-corrected chi connectivity index (χ3v) is 3.46. The van der Waals surface area contributed by atoms with E-state index in [4.69, 9.17) is 0 Å². The average Bonchev–Trinajstić information content (AvgIpc) is 2.71. The Labute approximate surface area is 70.3 Å². The van der Waals surface area contributed by atoms with Crippen molar-refractivity contribution >= 4 is 13.4 Å². The van der Waals surface area contributed by atoms with Crippen molar-refractivity contribution in [2.75, 3.05) is 0 Å². The Morgan fingerprint density at radius 3 is 2.27 bits per heavy atom. The molecule has 0 aromatic heterocycles. The first-order valence-electron chi connectivity index (χ1n) is 5.01. The van der Waals surface area contributed by atoms with E-state index in [0.29, 0.717) is 0 Å². The van der Waals surface area contributed by atoms with Gasteiger partial charge >= 0.3 is 69.6 Å². The van der Waals surface area contributed by atoms with E-state index < -0.39 is 0 Å². The van der Waals surface area contributed by atoms with Gasteiger partial charge < -0.3 is 0 Å². The minimum atomic E-state index is 0.986. The van der Waals surface area contributed by atoms with Crippen LogP contribution in [0.5, 0.6) is 0 Å². The summed E-state index contributed by atoms with van der Waals surface area (Å²) in [5, 5.41) is 0. The van der Waals surface area contributed by atoms with Crippen molar-refractivity contribution in [1.29, 1.82) is 0 Å². The molecule has 0 heterocycles. The van der Waals surface area contributed by atoms with Crippen LogP contribution >= 0.6 is 0 Å². The number of rotatable bonds is 2. The van der Waals surface area contributed by atoms with E-state index in [9.17, 15) is 0 Å². The van der Waals surface area contributed by atoms with Gasteiger partial charge in [0.1, 0.15) is 0 Å². The van der Waals surface area contributed by atoms with Crippen LogP contribution in [0.3, 0.4) is 0 Å². The Morgan fingerprint density at radius 1 is 1.09 bits per heavy atom. The Hall–Kier alpha value is -0.0651. The SMILES string of the molecule is C=BCC1CCC2CC2CC1. The molecule has 0 aromatic carbocycles. The number of hydrogen-bond donors (Lipinski definition) is 0. The van der Waals surface area contributed by atoms with Gasteiger partial charge in [-0.2, -0.15) is 0 Å². The number of hydrogen-bond acceptors (Lipinski definition) is 0. The molecular weight excluding hydrogens is 131 g/mol. The molecule has 2 fully saturated rings. The van der Waals surface area contributed by atoms with Crippen LogP contribution in [-0.4, -0.2) is 13.4 Å². The van der Waals surface area contributed by atoms with E-state index in [-0.39, 0.29) is 0 Å². The predicted molar refractivity (Wildman–Crippen MR) is 51.2 cm³/mol. The van der Waals surface area contributed by atoms with Gasteiger partial charge in [-0.25, -0.2) is 0 Å². The zero-order valence-corrected chi connectivity index (χ0v) is 7.26. The molecule has 2 aliphatic carbocycles. The summed E-state index contributed by atoms with van der Waals surface area (Å²) in [7, 11) is 0. The van der Waals surface area contributed by atoms with Crippen LogP contribution in [0.15, 0.2) is 0 Å². The quantitative estimate of drug-likeness (QED) is 0.527. The van der Waals surface area contributed by atoms with Crippen LogP contribution in [-0.2, 0) is 0 Å². The predicted octanol–water partition coefficient (Wildman–Crippen LogP) is 2.37. The zero-order valence-electron chi connectivity index (χ0n) is 7.26. The van der Waals surface area contributed by atoms with Gasteiger partial charge in [-0.3, -0.25) is 0 Å². The normalized spacial score (nSPS) is 42.0. The van der Waals surface area contributed by atoms with Crippen molar-refractivity contribution in [2.45, 2.75) is 38.4 Å². The molecule has 2 saturated carbocycles. The molecule has 2 aliphatic rings. The van der Waals surface area contributed by atoms with Crippen molar-refractivity contribution in [3.8, 4) is 0 Å². The average molecular weight is 148 g/mol. The standard InChI is InChI=1S/C10H17B/c1-11-7-8-2-4-9-6-10(9)5-3-8/h8-10H,1-7H2. The summed E-state index contributed by atoms with van der Waals surface area (Å²) in [5.74, 6) is 3.27. The molecule has 0 aliphatic heterocycles. The summed E-state index contributed by atoms with van der Waals surface area (Å²) >= 11 is 0. The van der Waals surface area contributed by atoms with E-state index in [0.717, 1.165) is 17.8 Å². The molecule has 0 nitrogen and oxygen atoms in total. The summed E-state index contributed by atoms with van der Waals surface area (Å²) in [6.45, 7) is 5.91. The second-order valence-corrected chi connectivity index (χ2v) is 4.30. The fraction of sp³-hybridized carbons (Fsp3) is 0.900. The molecule has 2 atom stereocenters. The molecule has 1 heteroatoms. The summed E-state index contributed by atoms with van der Waals surface area (Å²) < 4.78 is 0. The van der Waals surface area contributed by atoms with Gasteiger partial charge in [-0.05, 0) is 0 Å². The van der Waals surface area contributed by atoms with Crippen molar-refractivity contribution < 1.29 is 0 Å².